The Morgan fingerprint density at radius 1 is 1.20 bits per heavy atom. The second-order valence-electron chi connectivity index (χ2n) is 6.31. The van der Waals surface area contributed by atoms with Crippen LogP contribution in [0, 0.1) is 13.8 Å². The summed E-state index contributed by atoms with van der Waals surface area (Å²) in [5, 5.41) is 2.93. The summed E-state index contributed by atoms with van der Waals surface area (Å²) in [5.41, 5.74) is 3.95. The number of nitrogens with zero attached hydrogens (tertiary/aromatic N) is 1. The molecule has 3 rings (SSSR count). The average Bonchev–Trinajstić information content (AvgIpc) is 3.02. The number of rotatable bonds is 5. The van der Waals surface area contributed by atoms with Gasteiger partial charge < -0.3 is 10.2 Å². The third-order valence-corrected chi connectivity index (χ3v) is 5.37. The van der Waals surface area contributed by atoms with Gasteiger partial charge in [-0.05, 0) is 50.1 Å². The van der Waals surface area contributed by atoms with Crippen LogP contribution in [-0.2, 0) is 9.59 Å². The lowest BCUT2D eigenvalue weighted by Gasteiger charge is -2.16. The zero-order chi connectivity index (χ0) is 17.8. The van der Waals surface area contributed by atoms with E-state index in [2.05, 4.69) is 37.4 Å². The molecule has 1 N–H and O–H groups in total. The zero-order valence-electron chi connectivity index (χ0n) is 14.5. The first-order valence-corrected chi connectivity index (χ1v) is 9.42. The molecular formula is C20H22N2O2S. The maximum Gasteiger partial charge on any atom is 0.234 e. The van der Waals surface area contributed by atoms with E-state index in [1.54, 1.807) is 16.7 Å². The minimum Gasteiger partial charge on any atom is -0.325 e. The molecule has 0 unspecified atom stereocenters. The van der Waals surface area contributed by atoms with E-state index in [0.29, 0.717) is 12.2 Å². The van der Waals surface area contributed by atoms with E-state index >= 15 is 0 Å². The SMILES string of the molecule is Cc1ccc(C)c(SCC(=O)Nc2cccc(N3CCCC3=O)c2)c1. The first-order chi connectivity index (χ1) is 12.0. The number of thioether (sulfide) groups is 1. The Morgan fingerprint density at radius 3 is 2.80 bits per heavy atom. The molecule has 0 atom stereocenters. The molecule has 25 heavy (non-hydrogen) atoms. The van der Waals surface area contributed by atoms with Crippen molar-refractivity contribution in [3.05, 3.63) is 53.6 Å². The molecule has 2 amide bonds. The number of hydrogen-bond acceptors (Lipinski definition) is 3. The van der Waals surface area contributed by atoms with Crippen molar-refractivity contribution in [3.63, 3.8) is 0 Å². The van der Waals surface area contributed by atoms with Crippen LogP contribution in [0.3, 0.4) is 0 Å². The molecule has 1 heterocycles. The average molecular weight is 354 g/mol. The summed E-state index contributed by atoms with van der Waals surface area (Å²) in [5.74, 6) is 0.460. The fourth-order valence-corrected chi connectivity index (χ4v) is 3.80. The van der Waals surface area contributed by atoms with E-state index in [0.717, 1.165) is 29.2 Å². The Balaban J connectivity index is 1.61. The van der Waals surface area contributed by atoms with E-state index in [9.17, 15) is 9.59 Å². The van der Waals surface area contributed by atoms with Crippen molar-refractivity contribution < 1.29 is 9.59 Å². The highest BCUT2D eigenvalue weighted by Gasteiger charge is 2.21. The predicted molar refractivity (Wildman–Crippen MR) is 103 cm³/mol. The number of amides is 2. The number of carbonyl (C=O) groups excluding carboxylic acids is 2. The summed E-state index contributed by atoms with van der Waals surface area (Å²) >= 11 is 1.54. The van der Waals surface area contributed by atoms with Crippen molar-refractivity contribution in [2.45, 2.75) is 31.6 Å². The Morgan fingerprint density at radius 2 is 2.04 bits per heavy atom. The molecular weight excluding hydrogens is 332 g/mol. The molecule has 130 valence electrons. The first kappa shape index (κ1) is 17.5. The van der Waals surface area contributed by atoms with Crippen LogP contribution in [0.1, 0.15) is 24.0 Å². The molecule has 0 aromatic heterocycles. The Labute approximate surface area is 152 Å². The molecule has 1 saturated heterocycles. The van der Waals surface area contributed by atoms with Crippen LogP contribution in [-0.4, -0.2) is 24.1 Å². The van der Waals surface area contributed by atoms with E-state index in [-0.39, 0.29) is 11.8 Å². The normalized spacial score (nSPS) is 14.0. The number of anilines is 2. The molecule has 2 aromatic rings. The van der Waals surface area contributed by atoms with Gasteiger partial charge in [0.05, 0.1) is 5.75 Å². The van der Waals surface area contributed by atoms with Crippen LogP contribution in [0.2, 0.25) is 0 Å². The van der Waals surface area contributed by atoms with Gasteiger partial charge in [-0.25, -0.2) is 0 Å². The highest BCUT2D eigenvalue weighted by Crippen LogP contribution is 2.26. The van der Waals surface area contributed by atoms with Crippen LogP contribution < -0.4 is 10.2 Å². The highest BCUT2D eigenvalue weighted by atomic mass is 32.2. The van der Waals surface area contributed by atoms with E-state index in [1.807, 2.05) is 24.3 Å². The third-order valence-electron chi connectivity index (χ3n) is 4.22. The number of carbonyl (C=O) groups is 2. The second-order valence-corrected chi connectivity index (χ2v) is 7.32. The number of benzene rings is 2. The van der Waals surface area contributed by atoms with Crippen LogP contribution in [0.25, 0.3) is 0 Å². The maximum absolute atomic E-state index is 12.3. The van der Waals surface area contributed by atoms with Crippen LogP contribution in [0.4, 0.5) is 11.4 Å². The quantitative estimate of drug-likeness (QED) is 0.820. The van der Waals surface area contributed by atoms with Gasteiger partial charge in [-0.3, -0.25) is 9.59 Å². The summed E-state index contributed by atoms with van der Waals surface area (Å²) in [4.78, 5) is 27.0. The Hall–Kier alpha value is -2.27. The van der Waals surface area contributed by atoms with Crippen molar-refractivity contribution >= 4 is 35.0 Å². The molecule has 0 aliphatic carbocycles. The highest BCUT2D eigenvalue weighted by molar-refractivity contribution is 8.00. The molecule has 4 nitrogen and oxygen atoms in total. The van der Waals surface area contributed by atoms with E-state index in [1.165, 1.54) is 11.1 Å². The van der Waals surface area contributed by atoms with Crippen molar-refractivity contribution in [1.82, 2.24) is 0 Å². The maximum atomic E-state index is 12.3. The molecule has 1 aliphatic rings. The fraction of sp³-hybridized carbons (Fsp3) is 0.300. The molecule has 5 heteroatoms. The van der Waals surface area contributed by atoms with Crippen molar-refractivity contribution in [3.8, 4) is 0 Å². The number of aryl methyl sites for hydroxylation is 2. The molecule has 1 fully saturated rings. The predicted octanol–water partition coefficient (Wildman–Crippen LogP) is 4.16. The summed E-state index contributed by atoms with van der Waals surface area (Å²) in [6.45, 7) is 4.85. The minimum atomic E-state index is -0.0456. The standard InChI is InChI=1S/C20H22N2O2S/c1-14-8-9-15(2)18(11-14)25-13-19(23)21-16-5-3-6-17(12-16)22-10-4-7-20(22)24/h3,5-6,8-9,11-12H,4,7,10,13H2,1-2H3,(H,21,23). The molecule has 0 saturated carbocycles. The van der Waals surface area contributed by atoms with Gasteiger partial charge in [0.25, 0.3) is 0 Å². The summed E-state index contributed by atoms with van der Waals surface area (Å²) in [7, 11) is 0. The summed E-state index contributed by atoms with van der Waals surface area (Å²) in [6.07, 6.45) is 1.49. The zero-order valence-corrected chi connectivity index (χ0v) is 15.4. The topological polar surface area (TPSA) is 49.4 Å². The monoisotopic (exact) mass is 354 g/mol. The van der Waals surface area contributed by atoms with Crippen LogP contribution >= 0.6 is 11.8 Å². The van der Waals surface area contributed by atoms with Gasteiger partial charge in [-0.1, -0.05) is 23.8 Å². The minimum absolute atomic E-state index is 0.0456. The van der Waals surface area contributed by atoms with E-state index in [4.69, 9.17) is 0 Å². The molecule has 0 radical (unpaired) electrons. The number of nitrogens with one attached hydrogen (secondary N) is 1. The van der Waals surface area contributed by atoms with E-state index < -0.39 is 0 Å². The third kappa shape index (κ3) is 4.42. The number of hydrogen-bond donors (Lipinski definition) is 1. The second kappa shape index (κ2) is 7.74. The van der Waals surface area contributed by atoms with Gasteiger partial charge >= 0.3 is 0 Å². The van der Waals surface area contributed by atoms with Crippen LogP contribution in [0.5, 0.6) is 0 Å². The lowest BCUT2D eigenvalue weighted by molar-refractivity contribution is -0.117. The first-order valence-electron chi connectivity index (χ1n) is 8.43. The molecule has 1 aliphatic heterocycles. The van der Waals surface area contributed by atoms with Crippen molar-refractivity contribution in [2.24, 2.45) is 0 Å². The van der Waals surface area contributed by atoms with Crippen molar-refractivity contribution in [2.75, 3.05) is 22.5 Å². The summed E-state index contributed by atoms with van der Waals surface area (Å²) < 4.78 is 0. The largest absolute Gasteiger partial charge is 0.325 e. The van der Waals surface area contributed by atoms with Gasteiger partial charge in [-0.2, -0.15) is 0 Å². The fourth-order valence-electron chi connectivity index (χ4n) is 2.88. The van der Waals surface area contributed by atoms with Gasteiger partial charge in [0.15, 0.2) is 0 Å². The van der Waals surface area contributed by atoms with Gasteiger partial charge in [0.2, 0.25) is 11.8 Å². The Kier molecular flexibility index (Phi) is 5.43. The van der Waals surface area contributed by atoms with Gasteiger partial charge in [0, 0.05) is 29.2 Å². The van der Waals surface area contributed by atoms with Crippen LogP contribution in [0.15, 0.2) is 47.4 Å². The lowest BCUT2D eigenvalue weighted by Crippen LogP contribution is -2.23. The summed E-state index contributed by atoms with van der Waals surface area (Å²) in [6, 6.07) is 13.7. The molecule has 2 aromatic carbocycles. The smallest absolute Gasteiger partial charge is 0.234 e. The molecule has 0 spiro atoms. The van der Waals surface area contributed by atoms with Crippen molar-refractivity contribution in [1.29, 1.82) is 0 Å². The van der Waals surface area contributed by atoms with Gasteiger partial charge in [-0.15, -0.1) is 11.8 Å². The Bertz CT molecular complexity index is 804. The molecule has 0 bridgehead atoms. The van der Waals surface area contributed by atoms with Gasteiger partial charge in [0.1, 0.15) is 0 Å². The lowest BCUT2D eigenvalue weighted by atomic mass is 10.2.